The predicted molar refractivity (Wildman–Crippen MR) is 155 cm³/mol. The van der Waals surface area contributed by atoms with Gasteiger partial charge in [0.25, 0.3) is 5.91 Å². The van der Waals surface area contributed by atoms with Gasteiger partial charge < -0.3 is 19.4 Å². The Bertz CT molecular complexity index is 1790. The van der Waals surface area contributed by atoms with Gasteiger partial charge in [0, 0.05) is 11.6 Å². The molecule has 0 aliphatic heterocycles. The van der Waals surface area contributed by atoms with Crippen molar-refractivity contribution >= 4 is 22.8 Å². The van der Waals surface area contributed by atoms with E-state index < -0.39 is 0 Å². The van der Waals surface area contributed by atoms with Crippen molar-refractivity contribution in [2.75, 3.05) is 12.4 Å². The SMILES string of the molecule is COc1ccc(C(=O)Nc2cc(C)nn2-c2nc3ccccc3n2Cc2cccc(Oc3ccccc3)c2)cc1. The summed E-state index contributed by atoms with van der Waals surface area (Å²) >= 11 is 0. The lowest BCUT2D eigenvalue weighted by Crippen LogP contribution is -2.17. The number of para-hydroxylation sites is 3. The van der Waals surface area contributed by atoms with Crippen LogP contribution in [0.4, 0.5) is 5.82 Å². The van der Waals surface area contributed by atoms with Gasteiger partial charge in [-0.05, 0) is 73.2 Å². The second-order valence-corrected chi connectivity index (χ2v) is 9.31. The topological polar surface area (TPSA) is 83.2 Å². The van der Waals surface area contributed by atoms with E-state index in [1.54, 1.807) is 36.1 Å². The summed E-state index contributed by atoms with van der Waals surface area (Å²) in [6.45, 7) is 2.41. The molecule has 0 saturated heterocycles. The molecule has 2 aromatic heterocycles. The Morgan fingerprint density at radius 3 is 2.38 bits per heavy atom. The van der Waals surface area contributed by atoms with Crippen LogP contribution >= 0.6 is 0 Å². The zero-order chi connectivity index (χ0) is 27.5. The third-order valence-electron chi connectivity index (χ3n) is 6.47. The van der Waals surface area contributed by atoms with Crippen molar-refractivity contribution in [3.8, 4) is 23.2 Å². The number of imidazole rings is 1. The Balaban J connectivity index is 1.35. The average Bonchev–Trinajstić information content (AvgIpc) is 3.53. The summed E-state index contributed by atoms with van der Waals surface area (Å²) in [5.41, 5.74) is 4.07. The van der Waals surface area contributed by atoms with Crippen LogP contribution in [-0.4, -0.2) is 32.3 Å². The maximum absolute atomic E-state index is 13.1. The molecule has 198 valence electrons. The van der Waals surface area contributed by atoms with Gasteiger partial charge in [0.1, 0.15) is 23.1 Å². The molecular formula is C32H27N5O3. The van der Waals surface area contributed by atoms with Gasteiger partial charge in [-0.15, -0.1) is 0 Å². The zero-order valence-electron chi connectivity index (χ0n) is 22.1. The van der Waals surface area contributed by atoms with Crippen molar-refractivity contribution in [3.63, 3.8) is 0 Å². The molecule has 2 heterocycles. The fourth-order valence-corrected chi connectivity index (χ4v) is 4.57. The molecule has 0 spiro atoms. The first-order valence-electron chi connectivity index (χ1n) is 12.9. The van der Waals surface area contributed by atoms with Crippen molar-refractivity contribution in [2.45, 2.75) is 13.5 Å². The van der Waals surface area contributed by atoms with E-state index in [1.807, 2.05) is 85.8 Å². The number of amides is 1. The number of benzene rings is 4. The first-order valence-corrected chi connectivity index (χ1v) is 12.9. The van der Waals surface area contributed by atoms with Crippen LogP contribution in [0.15, 0.2) is 109 Å². The van der Waals surface area contributed by atoms with Gasteiger partial charge in [0.2, 0.25) is 5.95 Å². The quantitative estimate of drug-likeness (QED) is 0.239. The normalized spacial score (nSPS) is 10.9. The molecule has 0 aliphatic carbocycles. The van der Waals surface area contributed by atoms with Crippen molar-refractivity contribution in [1.82, 2.24) is 19.3 Å². The van der Waals surface area contributed by atoms with Crippen LogP contribution < -0.4 is 14.8 Å². The highest BCUT2D eigenvalue weighted by molar-refractivity contribution is 6.04. The molecule has 6 aromatic rings. The smallest absolute Gasteiger partial charge is 0.256 e. The number of methoxy groups -OCH3 is 1. The second kappa shape index (κ2) is 10.8. The maximum Gasteiger partial charge on any atom is 0.256 e. The lowest BCUT2D eigenvalue weighted by atomic mass is 10.2. The van der Waals surface area contributed by atoms with Gasteiger partial charge in [-0.2, -0.15) is 9.78 Å². The van der Waals surface area contributed by atoms with E-state index in [2.05, 4.69) is 16.0 Å². The Hall–Kier alpha value is -5.37. The van der Waals surface area contributed by atoms with Gasteiger partial charge in [-0.25, -0.2) is 4.98 Å². The molecule has 1 amide bonds. The van der Waals surface area contributed by atoms with E-state index in [9.17, 15) is 4.79 Å². The number of fused-ring (bicyclic) bond motifs is 1. The first kappa shape index (κ1) is 24.9. The molecule has 0 unspecified atom stereocenters. The zero-order valence-corrected chi connectivity index (χ0v) is 22.1. The summed E-state index contributed by atoms with van der Waals surface area (Å²) in [7, 11) is 1.59. The van der Waals surface area contributed by atoms with E-state index in [0.717, 1.165) is 33.8 Å². The van der Waals surface area contributed by atoms with Crippen LogP contribution in [0, 0.1) is 6.92 Å². The van der Waals surface area contributed by atoms with Crippen LogP contribution in [0.2, 0.25) is 0 Å². The number of aromatic nitrogens is 4. The summed E-state index contributed by atoms with van der Waals surface area (Å²) in [6.07, 6.45) is 0. The number of ether oxygens (including phenoxy) is 2. The molecule has 1 N–H and O–H groups in total. The number of rotatable bonds is 8. The van der Waals surface area contributed by atoms with E-state index in [0.29, 0.717) is 29.6 Å². The molecule has 6 rings (SSSR count). The number of nitrogens with one attached hydrogen (secondary N) is 1. The summed E-state index contributed by atoms with van der Waals surface area (Å²) in [6, 6.07) is 34.4. The molecule has 0 fully saturated rings. The fourth-order valence-electron chi connectivity index (χ4n) is 4.57. The van der Waals surface area contributed by atoms with Gasteiger partial charge in [0.15, 0.2) is 0 Å². The van der Waals surface area contributed by atoms with Crippen LogP contribution in [0.1, 0.15) is 21.6 Å². The summed E-state index contributed by atoms with van der Waals surface area (Å²) in [4.78, 5) is 18.0. The van der Waals surface area contributed by atoms with E-state index >= 15 is 0 Å². The van der Waals surface area contributed by atoms with Gasteiger partial charge in [0.05, 0.1) is 30.4 Å². The Morgan fingerprint density at radius 2 is 1.57 bits per heavy atom. The van der Waals surface area contributed by atoms with Crippen LogP contribution in [0.25, 0.3) is 17.0 Å². The molecule has 0 atom stereocenters. The van der Waals surface area contributed by atoms with E-state index in [1.165, 1.54) is 0 Å². The molecule has 8 nitrogen and oxygen atoms in total. The molecular weight excluding hydrogens is 502 g/mol. The Kier molecular flexibility index (Phi) is 6.72. The van der Waals surface area contributed by atoms with E-state index in [-0.39, 0.29) is 5.91 Å². The number of aryl methyl sites for hydroxylation is 1. The average molecular weight is 530 g/mol. The lowest BCUT2D eigenvalue weighted by Gasteiger charge is -2.13. The van der Waals surface area contributed by atoms with Crippen molar-refractivity contribution in [1.29, 1.82) is 0 Å². The second-order valence-electron chi connectivity index (χ2n) is 9.31. The molecule has 0 aliphatic rings. The van der Waals surface area contributed by atoms with Crippen molar-refractivity contribution < 1.29 is 14.3 Å². The minimum atomic E-state index is -0.253. The third kappa shape index (κ3) is 5.15. The summed E-state index contributed by atoms with van der Waals surface area (Å²) < 4.78 is 15.0. The number of carbonyl (C=O) groups excluding carboxylic acids is 1. The lowest BCUT2D eigenvalue weighted by molar-refractivity contribution is 0.102. The first-order chi connectivity index (χ1) is 19.6. The minimum Gasteiger partial charge on any atom is -0.497 e. The molecule has 0 saturated carbocycles. The highest BCUT2D eigenvalue weighted by atomic mass is 16.5. The monoisotopic (exact) mass is 529 g/mol. The molecule has 4 aromatic carbocycles. The van der Waals surface area contributed by atoms with Crippen LogP contribution in [0.3, 0.4) is 0 Å². The van der Waals surface area contributed by atoms with Crippen molar-refractivity contribution in [3.05, 3.63) is 126 Å². The Morgan fingerprint density at radius 1 is 0.825 bits per heavy atom. The molecule has 40 heavy (non-hydrogen) atoms. The van der Waals surface area contributed by atoms with Crippen LogP contribution in [0.5, 0.6) is 17.2 Å². The molecule has 8 heteroatoms. The highest BCUT2D eigenvalue weighted by Crippen LogP contribution is 2.27. The van der Waals surface area contributed by atoms with Crippen LogP contribution in [-0.2, 0) is 6.54 Å². The fraction of sp³-hybridized carbons (Fsp3) is 0.0938. The number of hydrogen-bond acceptors (Lipinski definition) is 5. The molecule has 0 radical (unpaired) electrons. The maximum atomic E-state index is 13.1. The van der Waals surface area contributed by atoms with Gasteiger partial charge >= 0.3 is 0 Å². The van der Waals surface area contributed by atoms with Crippen molar-refractivity contribution in [2.24, 2.45) is 0 Å². The number of hydrogen-bond donors (Lipinski definition) is 1. The summed E-state index contributed by atoms with van der Waals surface area (Å²) in [5.74, 6) is 3.07. The largest absolute Gasteiger partial charge is 0.497 e. The minimum absolute atomic E-state index is 0.253. The molecule has 0 bridgehead atoms. The van der Waals surface area contributed by atoms with Gasteiger partial charge in [-0.1, -0.05) is 42.5 Å². The predicted octanol–water partition coefficient (Wildman–Crippen LogP) is 6.63. The number of carbonyl (C=O) groups is 1. The number of anilines is 1. The standard InChI is InChI=1S/C32H27N5O3/c1-22-19-30(34-31(38)24-15-17-25(39-2)18-16-24)37(35-22)32-33-28-13-6-7-14-29(28)36(32)21-23-9-8-12-27(20-23)40-26-10-4-3-5-11-26/h3-20H,21H2,1-2H3,(H,34,38). The summed E-state index contributed by atoms with van der Waals surface area (Å²) in [5, 5.41) is 7.70. The highest BCUT2D eigenvalue weighted by Gasteiger charge is 2.19. The van der Waals surface area contributed by atoms with Gasteiger partial charge in [-0.3, -0.25) is 4.79 Å². The number of nitrogens with zero attached hydrogens (tertiary/aromatic N) is 4. The Labute approximate surface area is 231 Å². The van der Waals surface area contributed by atoms with E-state index in [4.69, 9.17) is 19.6 Å². The third-order valence-corrected chi connectivity index (χ3v) is 6.47.